The van der Waals surface area contributed by atoms with E-state index >= 15 is 0 Å². The summed E-state index contributed by atoms with van der Waals surface area (Å²) in [6.45, 7) is 0.866. The van der Waals surface area contributed by atoms with E-state index in [4.69, 9.17) is 11.6 Å². The first-order valence-electron chi connectivity index (χ1n) is 9.63. The molecule has 1 saturated carbocycles. The van der Waals surface area contributed by atoms with E-state index in [-0.39, 0.29) is 11.9 Å². The predicted molar refractivity (Wildman–Crippen MR) is 107 cm³/mol. The van der Waals surface area contributed by atoms with Gasteiger partial charge < -0.3 is 10.2 Å². The minimum atomic E-state index is -0.308. The fourth-order valence-corrected chi connectivity index (χ4v) is 4.40. The highest BCUT2D eigenvalue weighted by molar-refractivity contribution is 6.30. The number of carbonyl (C=O) groups is 1. The van der Waals surface area contributed by atoms with Crippen molar-refractivity contribution in [1.29, 1.82) is 0 Å². The van der Waals surface area contributed by atoms with Crippen LogP contribution in [0.3, 0.4) is 0 Å². The molecule has 1 fully saturated rings. The van der Waals surface area contributed by atoms with Crippen LogP contribution in [0.1, 0.15) is 49.3 Å². The molecule has 1 amide bonds. The molecule has 4 rings (SSSR count). The lowest BCUT2D eigenvalue weighted by molar-refractivity contribution is -0.123. The number of para-hydroxylation sites is 1. The molecular weight excluding hydrogens is 344 g/mol. The van der Waals surface area contributed by atoms with Crippen molar-refractivity contribution in [2.75, 3.05) is 11.4 Å². The van der Waals surface area contributed by atoms with Crippen LogP contribution in [-0.4, -0.2) is 18.5 Å². The van der Waals surface area contributed by atoms with Crippen LogP contribution in [0.25, 0.3) is 0 Å². The Morgan fingerprint density at radius 1 is 1.04 bits per heavy atom. The molecule has 2 aromatic rings. The first-order chi connectivity index (χ1) is 12.7. The van der Waals surface area contributed by atoms with Crippen LogP contribution in [0.5, 0.6) is 0 Å². The smallest absolute Gasteiger partial charge is 0.247 e. The van der Waals surface area contributed by atoms with Crippen molar-refractivity contribution in [2.24, 2.45) is 0 Å². The van der Waals surface area contributed by atoms with E-state index < -0.39 is 0 Å². The Morgan fingerprint density at radius 3 is 2.54 bits per heavy atom. The summed E-state index contributed by atoms with van der Waals surface area (Å²) in [5, 5.41) is 4.02. The number of fused-ring (bicyclic) bond motifs is 1. The Hall–Kier alpha value is -2.00. The van der Waals surface area contributed by atoms with Gasteiger partial charge in [-0.25, -0.2) is 0 Å². The standard InChI is InChI=1S/C22H25ClN2O/c23-18-12-10-17(11-13-18)21(22(26)24-19-7-2-1-3-8-19)25-15-14-16-6-4-5-9-20(16)25/h4-6,9-13,19,21H,1-3,7-8,14-15H2,(H,24,26)/t21-/m0/s1. The van der Waals surface area contributed by atoms with Gasteiger partial charge in [-0.05, 0) is 48.6 Å². The number of benzene rings is 2. The number of hydrogen-bond donors (Lipinski definition) is 1. The van der Waals surface area contributed by atoms with E-state index in [9.17, 15) is 4.79 Å². The van der Waals surface area contributed by atoms with Gasteiger partial charge in [0.2, 0.25) is 5.91 Å². The Balaban J connectivity index is 1.63. The van der Waals surface area contributed by atoms with Crippen LogP contribution in [0.4, 0.5) is 5.69 Å². The average molecular weight is 369 g/mol. The summed E-state index contributed by atoms with van der Waals surface area (Å²) >= 11 is 6.08. The molecule has 0 bridgehead atoms. The number of amides is 1. The maximum absolute atomic E-state index is 13.3. The molecule has 0 saturated heterocycles. The first-order valence-corrected chi connectivity index (χ1v) is 10.0. The molecule has 4 heteroatoms. The normalized spacial score (nSPS) is 18.4. The molecule has 1 aliphatic carbocycles. The maximum atomic E-state index is 13.3. The molecule has 136 valence electrons. The molecule has 1 heterocycles. The van der Waals surface area contributed by atoms with Gasteiger partial charge in [-0.1, -0.05) is 61.2 Å². The number of nitrogens with one attached hydrogen (secondary N) is 1. The van der Waals surface area contributed by atoms with Crippen LogP contribution in [0.2, 0.25) is 5.02 Å². The average Bonchev–Trinajstić information content (AvgIpc) is 3.08. The molecule has 2 aromatic carbocycles. The van der Waals surface area contributed by atoms with Crippen molar-refractivity contribution < 1.29 is 4.79 Å². The van der Waals surface area contributed by atoms with Gasteiger partial charge in [0, 0.05) is 23.3 Å². The summed E-state index contributed by atoms with van der Waals surface area (Å²) in [4.78, 5) is 15.6. The van der Waals surface area contributed by atoms with Gasteiger partial charge >= 0.3 is 0 Å². The second-order valence-electron chi connectivity index (χ2n) is 7.37. The summed E-state index contributed by atoms with van der Waals surface area (Å²) in [6.07, 6.45) is 6.88. The van der Waals surface area contributed by atoms with Gasteiger partial charge in [0.15, 0.2) is 0 Å². The monoisotopic (exact) mass is 368 g/mol. The zero-order chi connectivity index (χ0) is 17.9. The molecule has 1 atom stereocenters. The number of halogens is 1. The molecule has 0 unspecified atom stereocenters. The van der Waals surface area contributed by atoms with Crippen molar-refractivity contribution in [3.63, 3.8) is 0 Å². The number of hydrogen-bond acceptors (Lipinski definition) is 2. The zero-order valence-corrected chi connectivity index (χ0v) is 15.7. The van der Waals surface area contributed by atoms with Crippen molar-refractivity contribution in [3.8, 4) is 0 Å². The van der Waals surface area contributed by atoms with E-state index in [1.165, 1.54) is 30.5 Å². The highest BCUT2D eigenvalue weighted by Crippen LogP contribution is 2.35. The van der Waals surface area contributed by atoms with Crippen molar-refractivity contribution in [2.45, 2.75) is 50.6 Å². The third kappa shape index (κ3) is 3.59. The van der Waals surface area contributed by atoms with Crippen molar-refractivity contribution in [1.82, 2.24) is 5.32 Å². The zero-order valence-electron chi connectivity index (χ0n) is 15.0. The minimum absolute atomic E-state index is 0.107. The van der Waals surface area contributed by atoms with Gasteiger partial charge in [0.25, 0.3) is 0 Å². The summed E-state index contributed by atoms with van der Waals surface area (Å²) in [5.41, 5.74) is 3.49. The lowest BCUT2D eigenvalue weighted by Crippen LogP contribution is -2.44. The molecule has 26 heavy (non-hydrogen) atoms. The molecular formula is C22H25ClN2O. The molecule has 0 radical (unpaired) electrons. The number of rotatable bonds is 4. The third-order valence-electron chi connectivity index (χ3n) is 5.62. The van der Waals surface area contributed by atoms with Crippen LogP contribution in [-0.2, 0) is 11.2 Å². The van der Waals surface area contributed by atoms with Crippen molar-refractivity contribution in [3.05, 3.63) is 64.7 Å². The Morgan fingerprint density at radius 2 is 1.77 bits per heavy atom. The van der Waals surface area contributed by atoms with Crippen molar-refractivity contribution >= 4 is 23.2 Å². The Bertz CT molecular complexity index is 768. The van der Waals surface area contributed by atoms with Crippen LogP contribution in [0, 0.1) is 0 Å². The summed E-state index contributed by atoms with van der Waals surface area (Å²) in [7, 11) is 0. The van der Waals surface area contributed by atoms with E-state index in [0.29, 0.717) is 11.1 Å². The second-order valence-corrected chi connectivity index (χ2v) is 7.81. The lowest BCUT2D eigenvalue weighted by Gasteiger charge is -2.32. The van der Waals surface area contributed by atoms with Crippen LogP contribution >= 0.6 is 11.6 Å². The van der Waals surface area contributed by atoms with Gasteiger partial charge in [-0.3, -0.25) is 4.79 Å². The fourth-order valence-electron chi connectivity index (χ4n) is 4.28. The second kappa shape index (κ2) is 7.71. The van der Waals surface area contributed by atoms with Gasteiger partial charge in [-0.15, -0.1) is 0 Å². The van der Waals surface area contributed by atoms with Crippen LogP contribution < -0.4 is 10.2 Å². The van der Waals surface area contributed by atoms with Gasteiger partial charge in [0.1, 0.15) is 6.04 Å². The maximum Gasteiger partial charge on any atom is 0.247 e. The first kappa shape index (κ1) is 17.4. The number of anilines is 1. The topological polar surface area (TPSA) is 32.3 Å². The Kier molecular flexibility index (Phi) is 5.16. The summed E-state index contributed by atoms with van der Waals surface area (Å²) < 4.78 is 0. The molecule has 3 nitrogen and oxygen atoms in total. The Labute approximate surface area is 160 Å². The number of carbonyl (C=O) groups excluding carboxylic acids is 1. The highest BCUT2D eigenvalue weighted by Gasteiger charge is 2.33. The highest BCUT2D eigenvalue weighted by atomic mass is 35.5. The lowest BCUT2D eigenvalue weighted by atomic mass is 9.94. The van der Waals surface area contributed by atoms with E-state index in [0.717, 1.165) is 31.4 Å². The van der Waals surface area contributed by atoms with Gasteiger partial charge in [0.05, 0.1) is 0 Å². The largest absolute Gasteiger partial charge is 0.355 e. The number of nitrogens with zero attached hydrogens (tertiary/aromatic N) is 1. The molecule has 1 N–H and O–H groups in total. The molecule has 0 aromatic heterocycles. The third-order valence-corrected chi connectivity index (χ3v) is 5.87. The predicted octanol–water partition coefficient (Wildman–Crippen LogP) is 4.89. The molecule has 0 spiro atoms. The molecule has 2 aliphatic rings. The minimum Gasteiger partial charge on any atom is -0.355 e. The van der Waals surface area contributed by atoms with Gasteiger partial charge in [-0.2, -0.15) is 0 Å². The van der Waals surface area contributed by atoms with E-state index in [1.54, 1.807) is 0 Å². The summed E-state index contributed by atoms with van der Waals surface area (Å²) in [6, 6.07) is 16.1. The van der Waals surface area contributed by atoms with Crippen LogP contribution in [0.15, 0.2) is 48.5 Å². The van der Waals surface area contributed by atoms with E-state index in [1.807, 2.05) is 24.3 Å². The summed E-state index contributed by atoms with van der Waals surface area (Å²) in [5.74, 6) is 0.107. The molecule has 1 aliphatic heterocycles. The SMILES string of the molecule is O=C(NC1CCCCC1)[C@H](c1ccc(Cl)cc1)N1CCc2ccccc21. The fraction of sp³-hybridized carbons (Fsp3) is 0.409. The van der Waals surface area contributed by atoms with E-state index in [2.05, 4.69) is 34.5 Å². The quantitative estimate of drug-likeness (QED) is 0.833.